The molecule has 5 rings (SSSR count). The Morgan fingerprint density at radius 2 is 1.81 bits per heavy atom. The molecule has 3 heterocycles. The Labute approximate surface area is 213 Å². The fraction of sp³-hybridized carbons (Fsp3) is 0.138. The maximum absolute atomic E-state index is 13.2. The summed E-state index contributed by atoms with van der Waals surface area (Å²) in [5.74, 6) is -0.310. The van der Waals surface area contributed by atoms with Gasteiger partial charge in [-0.25, -0.2) is 9.78 Å². The largest absolute Gasteiger partial charge is 0.467 e. The van der Waals surface area contributed by atoms with E-state index >= 15 is 0 Å². The summed E-state index contributed by atoms with van der Waals surface area (Å²) in [5.41, 5.74) is 4.57. The molecule has 0 radical (unpaired) electrons. The van der Waals surface area contributed by atoms with Crippen LogP contribution in [0.15, 0.2) is 89.7 Å². The van der Waals surface area contributed by atoms with Gasteiger partial charge in [-0.1, -0.05) is 42.5 Å². The van der Waals surface area contributed by atoms with E-state index in [1.165, 1.54) is 12.7 Å². The quantitative estimate of drug-likeness (QED) is 0.271. The number of aromatic nitrogens is 2. The summed E-state index contributed by atoms with van der Waals surface area (Å²) >= 11 is 0. The maximum Gasteiger partial charge on any atom is 0.356 e. The molecule has 0 fully saturated rings. The number of carbonyl (C=O) groups excluding carboxylic acids is 2. The minimum atomic E-state index is -0.595. The van der Waals surface area contributed by atoms with Gasteiger partial charge in [0.25, 0.3) is 5.91 Å². The second kappa shape index (κ2) is 10.4. The van der Waals surface area contributed by atoms with Gasteiger partial charge in [-0.15, -0.1) is 0 Å². The van der Waals surface area contributed by atoms with Crippen LogP contribution in [0.25, 0.3) is 11.0 Å². The number of furan rings is 1. The van der Waals surface area contributed by atoms with E-state index in [9.17, 15) is 9.59 Å². The molecule has 0 saturated carbocycles. The van der Waals surface area contributed by atoms with E-state index in [-0.39, 0.29) is 18.1 Å². The lowest BCUT2D eigenvalue weighted by molar-refractivity contribution is 0.0590. The smallest absolute Gasteiger partial charge is 0.356 e. The highest BCUT2D eigenvalue weighted by Crippen LogP contribution is 2.34. The third kappa shape index (κ3) is 4.95. The van der Waals surface area contributed by atoms with Crippen molar-refractivity contribution in [3.63, 3.8) is 0 Å². The Bertz CT molecular complexity index is 1560. The van der Waals surface area contributed by atoms with Gasteiger partial charge in [0.1, 0.15) is 11.4 Å². The molecule has 0 aliphatic heterocycles. The minimum Gasteiger partial charge on any atom is -0.467 e. The van der Waals surface area contributed by atoms with Crippen molar-refractivity contribution in [3.05, 3.63) is 113 Å². The van der Waals surface area contributed by atoms with Crippen molar-refractivity contribution in [1.82, 2.24) is 9.55 Å². The van der Waals surface area contributed by atoms with Gasteiger partial charge >= 0.3 is 5.97 Å². The molecule has 2 N–H and O–H groups in total. The number of nitrogens with zero attached hydrogens (tertiary/aromatic N) is 2. The van der Waals surface area contributed by atoms with Crippen LogP contribution in [0.1, 0.15) is 37.7 Å². The molecule has 2 aromatic carbocycles. The molecule has 1 amide bonds. The number of esters is 1. The third-order valence-corrected chi connectivity index (χ3v) is 6.19. The van der Waals surface area contributed by atoms with E-state index in [1.807, 2.05) is 30.3 Å². The Hall–Kier alpha value is -4.85. The van der Waals surface area contributed by atoms with E-state index < -0.39 is 5.97 Å². The predicted octanol–water partition coefficient (Wildman–Crippen LogP) is 5.64. The summed E-state index contributed by atoms with van der Waals surface area (Å²) in [6, 6.07) is 22.4. The normalized spacial score (nSPS) is 10.9. The predicted molar refractivity (Wildman–Crippen MR) is 142 cm³/mol. The number of nitrogens with one attached hydrogen (secondary N) is 2. The average molecular weight is 495 g/mol. The van der Waals surface area contributed by atoms with Crippen molar-refractivity contribution in [1.29, 1.82) is 0 Å². The third-order valence-electron chi connectivity index (χ3n) is 6.19. The minimum absolute atomic E-state index is 0.182. The van der Waals surface area contributed by atoms with E-state index in [2.05, 4.69) is 34.7 Å². The molecule has 0 unspecified atom stereocenters. The summed E-state index contributed by atoms with van der Waals surface area (Å²) in [6.45, 7) is 2.90. The van der Waals surface area contributed by atoms with Gasteiger partial charge in [0.2, 0.25) is 0 Å². The first-order chi connectivity index (χ1) is 18.0. The summed E-state index contributed by atoms with van der Waals surface area (Å²) in [4.78, 5) is 30.9. The summed E-state index contributed by atoms with van der Waals surface area (Å²) in [7, 11) is 1.31. The first kappa shape index (κ1) is 23.9. The van der Waals surface area contributed by atoms with Gasteiger partial charge < -0.3 is 24.4 Å². The maximum atomic E-state index is 13.2. The van der Waals surface area contributed by atoms with Gasteiger partial charge in [0.15, 0.2) is 5.69 Å². The fourth-order valence-electron chi connectivity index (χ4n) is 4.25. The van der Waals surface area contributed by atoms with Crippen LogP contribution in [0.3, 0.4) is 0 Å². The number of hydrogen-bond acceptors (Lipinski definition) is 6. The SMILES string of the molecule is COC(=O)c1c(NC(=O)c2ccccc2)c2cc(NCc3ccccc3C)cnc2n1Cc1ccco1. The molecule has 0 spiro atoms. The highest BCUT2D eigenvalue weighted by Gasteiger charge is 2.27. The molecule has 3 aromatic heterocycles. The lowest BCUT2D eigenvalue weighted by atomic mass is 10.1. The molecule has 5 aromatic rings. The summed E-state index contributed by atoms with van der Waals surface area (Å²) < 4.78 is 12.4. The number of aryl methyl sites for hydroxylation is 1. The number of ether oxygens (including phenoxy) is 1. The van der Waals surface area contributed by atoms with Crippen LogP contribution >= 0.6 is 0 Å². The molecule has 0 atom stereocenters. The van der Waals surface area contributed by atoms with Crippen molar-refractivity contribution in [2.24, 2.45) is 0 Å². The lowest BCUT2D eigenvalue weighted by Crippen LogP contribution is -2.17. The highest BCUT2D eigenvalue weighted by atomic mass is 16.5. The van der Waals surface area contributed by atoms with E-state index in [1.54, 1.807) is 47.4 Å². The number of benzene rings is 2. The Kier molecular flexibility index (Phi) is 6.72. The monoisotopic (exact) mass is 494 g/mol. The van der Waals surface area contributed by atoms with Gasteiger partial charge in [0.05, 0.1) is 37.5 Å². The van der Waals surface area contributed by atoms with Crippen molar-refractivity contribution < 1.29 is 18.7 Å². The van der Waals surface area contributed by atoms with Crippen molar-refractivity contribution in [2.75, 3.05) is 17.7 Å². The summed E-state index contributed by atoms with van der Waals surface area (Å²) in [5, 5.41) is 6.94. The van der Waals surface area contributed by atoms with Crippen LogP contribution in [0.5, 0.6) is 0 Å². The fourth-order valence-corrected chi connectivity index (χ4v) is 4.25. The first-order valence-corrected chi connectivity index (χ1v) is 11.8. The number of hydrogen-bond donors (Lipinski definition) is 2. The topological polar surface area (TPSA) is 98.4 Å². The van der Waals surface area contributed by atoms with Crippen LogP contribution in [-0.2, 0) is 17.8 Å². The van der Waals surface area contributed by atoms with Crippen LogP contribution in [0.4, 0.5) is 11.4 Å². The molecule has 0 saturated heterocycles. The van der Waals surface area contributed by atoms with Gasteiger partial charge in [0, 0.05) is 17.5 Å². The number of methoxy groups -OCH3 is 1. The van der Waals surface area contributed by atoms with Crippen molar-refractivity contribution >= 4 is 34.3 Å². The van der Waals surface area contributed by atoms with Crippen LogP contribution in [-0.4, -0.2) is 28.5 Å². The standard InChI is InChI=1S/C29H26N4O4/c1-19-9-6-7-12-21(19)16-30-22-15-24-25(32-28(34)20-10-4-3-5-11-20)26(29(35)36-2)33(27(24)31-17-22)18-23-13-8-14-37-23/h3-15,17,30H,16,18H2,1-2H3,(H,32,34). The van der Waals surface area contributed by atoms with Crippen molar-refractivity contribution in [3.8, 4) is 0 Å². The average Bonchev–Trinajstić information content (AvgIpc) is 3.55. The van der Waals surface area contributed by atoms with Crippen molar-refractivity contribution in [2.45, 2.75) is 20.0 Å². The number of carbonyl (C=O) groups is 2. The molecule has 0 bridgehead atoms. The second-order valence-corrected chi connectivity index (χ2v) is 8.58. The molecular formula is C29H26N4O4. The number of fused-ring (bicyclic) bond motifs is 1. The van der Waals surface area contributed by atoms with Crippen LogP contribution in [0, 0.1) is 6.92 Å². The molecule has 37 heavy (non-hydrogen) atoms. The molecule has 8 heteroatoms. The Morgan fingerprint density at radius 3 is 2.54 bits per heavy atom. The Morgan fingerprint density at radius 1 is 1.03 bits per heavy atom. The molecule has 186 valence electrons. The highest BCUT2D eigenvalue weighted by molar-refractivity contribution is 6.14. The molecule has 0 aliphatic carbocycles. The van der Waals surface area contributed by atoms with Gasteiger partial charge in [-0.2, -0.15) is 0 Å². The molecule has 0 aliphatic rings. The zero-order valence-corrected chi connectivity index (χ0v) is 20.5. The number of rotatable bonds is 8. The number of anilines is 2. The van der Waals surface area contributed by atoms with Gasteiger partial charge in [-0.3, -0.25) is 4.79 Å². The molecular weight excluding hydrogens is 468 g/mol. The van der Waals surface area contributed by atoms with Crippen LogP contribution in [0.2, 0.25) is 0 Å². The lowest BCUT2D eigenvalue weighted by Gasteiger charge is -2.10. The Balaban J connectivity index is 1.61. The number of pyridine rings is 1. The zero-order valence-electron chi connectivity index (χ0n) is 20.5. The van der Waals surface area contributed by atoms with E-state index in [4.69, 9.17) is 9.15 Å². The first-order valence-electron chi connectivity index (χ1n) is 11.8. The van der Waals surface area contributed by atoms with Gasteiger partial charge in [-0.05, 0) is 48.4 Å². The zero-order chi connectivity index (χ0) is 25.8. The summed E-state index contributed by atoms with van der Waals surface area (Å²) in [6.07, 6.45) is 3.28. The number of amides is 1. The molecule has 8 nitrogen and oxygen atoms in total. The van der Waals surface area contributed by atoms with E-state index in [0.29, 0.717) is 34.6 Å². The van der Waals surface area contributed by atoms with E-state index in [0.717, 1.165) is 11.3 Å². The van der Waals surface area contributed by atoms with Crippen LogP contribution < -0.4 is 10.6 Å². The second-order valence-electron chi connectivity index (χ2n) is 8.58.